The summed E-state index contributed by atoms with van der Waals surface area (Å²) in [6.45, 7) is 0.626. The maximum absolute atomic E-state index is 13.4. The normalized spacial score (nSPS) is 13.0. The molecule has 0 bridgehead atoms. The highest BCUT2D eigenvalue weighted by Gasteiger charge is 2.24. The molecule has 146 valence electrons. The third-order valence-electron chi connectivity index (χ3n) is 4.90. The van der Waals surface area contributed by atoms with Crippen LogP contribution in [0.2, 0.25) is 0 Å². The molecular formula is C23H18F2N2O2. The Morgan fingerprint density at radius 1 is 0.862 bits per heavy atom. The third kappa shape index (κ3) is 3.87. The standard InChI is InChI=1S/C23H18F2N2O2/c24-19-10-8-17(14-20(19)25)22(28)26-18-9-11-21-16(13-18)7-4-12-27(21)23(29)15-5-2-1-3-6-15/h1-3,5-6,8-11,13-14H,4,7,12H2,(H,26,28). The van der Waals surface area contributed by atoms with Gasteiger partial charge < -0.3 is 10.2 Å². The number of hydrogen-bond donors (Lipinski definition) is 1. The van der Waals surface area contributed by atoms with Crippen LogP contribution in [0.25, 0.3) is 0 Å². The lowest BCUT2D eigenvalue weighted by atomic mass is 10.00. The second kappa shape index (κ2) is 7.83. The Hall–Kier alpha value is -3.54. The lowest BCUT2D eigenvalue weighted by Gasteiger charge is -2.30. The number of amides is 2. The van der Waals surface area contributed by atoms with E-state index in [9.17, 15) is 18.4 Å². The van der Waals surface area contributed by atoms with Gasteiger partial charge in [-0.25, -0.2) is 8.78 Å². The van der Waals surface area contributed by atoms with Crippen LogP contribution in [0.1, 0.15) is 32.7 Å². The van der Waals surface area contributed by atoms with Crippen molar-refractivity contribution in [3.05, 3.63) is 95.1 Å². The van der Waals surface area contributed by atoms with Crippen molar-refractivity contribution >= 4 is 23.2 Å². The van der Waals surface area contributed by atoms with Crippen LogP contribution in [0.3, 0.4) is 0 Å². The minimum atomic E-state index is -1.07. The Bertz CT molecular complexity index is 1080. The second-order valence-electron chi connectivity index (χ2n) is 6.85. The van der Waals surface area contributed by atoms with Crippen LogP contribution in [0.15, 0.2) is 66.7 Å². The topological polar surface area (TPSA) is 49.4 Å². The predicted octanol–water partition coefficient (Wildman–Crippen LogP) is 4.81. The van der Waals surface area contributed by atoms with Crippen molar-refractivity contribution < 1.29 is 18.4 Å². The van der Waals surface area contributed by atoms with Gasteiger partial charge in [-0.1, -0.05) is 18.2 Å². The summed E-state index contributed by atoms with van der Waals surface area (Å²) < 4.78 is 26.4. The van der Waals surface area contributed by atoms with Crippen LogP contribution in [-0.2, 0) is 6.42 Å². The van der Waals surface area contributed by atoms with Gasteiger partial charge in [-0.15, -0.1) is 0 Å². The minimum absolute atomic E-state index is 0.0301. The molecule has 6 heteroatoms. The fourth-order valence-corrected chi connectivity index (χ4v) is 3.46. The third-order valence-corrected chi connectivity index (χ3v) is 4.90. The van der Waals surface area contributed by atoms with Crippen molar-refractivity contribution in [2.24, 2.45) is 0 Å². The van der Waals surface area contributed by atoms with Crippen LogP contribution < -0.4 is 10.2 Å². The van der Waals surface area contributed by atoms with Gasteiger partial charge in [0.1, 0.15) is 0 Å². The van der Waals surface area contributed by atoms with Gasteiger partial charge in [0.2, 0.25) is 0 Å². The first-order valence-corrected chi connectivity index (χ1v) is 9.29. The first kappa shape index (κ1) is 18.8. The van der Waals surface area contributed by atoms with Crippen molar-refractivity contribution in [3.8, 4) is 0 Å². The van der Waals surface area contributed by atoms with Gasteiger partial charge in [-0.05, 0) is 66.9 Å². The molecule has 1 N–H and O–H groups in total. The molecule has 1 aliphatic rings. The molecule has 1 aliphatic heterocycles. The average Bonchev–Trinajstić information content (AvgIpc) is 2.75. The van der Waals surface area contributed by atoms with Gasteiger partial charge in [-0.3, -0.25) is 9.59 Å². The number of halogens is 2. The van der Waals surface area contributed by atoms with E-state index >= 15 is 0 Å². The van der Waals surface area contributed by atoms with Crippen LogP contribution in [0.5, 0.6) is 0 Å². The van der Waals surface area contributed by atoms with Crippen molar-refractivity contribution in [2.75, 3.05) is 16.8 Å². The van der Waals surface area contributed by atoms with Crippen LogP contribution in [0, 0.1) is 11.6 Å². The first-order valence-electron chi connectivity index (χ1n) is 9.29. The first-order chi connectivity index (χ1) is 14.0. The molecule has 0 atom stereocenters. The van der Waals surface area contributed by atoms with Crippen molar-refractivity contribution in [2.45, 2.75) is 12.8 Å². The largest absolute Gasteiger partial charge is 0.322 e. The summed E-state index contributed by atoms with van der Waals surface area (Å²) in [5.74, 6) is -2.67. The Morgan fingerprint density at radius 2 is 1.66 bits per heavy atom. The number of carbonyl (C=O) groups excluding carboxylic acids is 2. The summed E-state index contributed by atoms with van der Waals surface area (Å²) in [6.07, 6.45) is 1.59. The molecule has 4 nitrogen and oxygen atoms in total. The number of anilines is 2. The Morgan fingerprint density at radius 3 is 2.41 bits per heavy atom. The van der Waals surface area contributed by atoms with Gasteiger partial charge in [0.05, 0.1) is 0 Å². The van der Waals surface area contributed by atoms with Crippen LogP contribution in [-0.4, -0.2) is 18.4 Å². The average molecular weight is 392 g/mol. The van der Waals surface area contributed by atoms with Gasteiger partial charge in [0.25, 0.3) is 11.8 Å². The number of hydrogen-bond acceptors (Lipinski definition) is 2. The Balaban J connectivity index is 1.56. The number of fused-ring (bicyclic) bond motifs is 1. The zero-order valence-electron chi connectivity index (χ0n) is 15.5. The van der Waals surface area contributed by atoms with Crippen molar-refractivity contribution in [1.82, 2.24) is 0 Å². The molecule has 4 rings (SSSR count). The lowest BCUT2D eigenvalue weighted by Crippen LogP contribution is -2.35. The molecule has 3 aromatic rings. The summed E-state index contributed by atoms with van der Waals surface area (Å²) in [7, 11) is 0. The van der Waals surface area contributed by atoms with Crippen molar-refractivity contribution in [1.29, 1.82) is 0 Å². The van der Waals surface area contributed by atoms with Crippen molar-refractivity contribution in [3.63, 3.8) is 0 Å². The summed E-state index contributed by atoms with van der Waals surface area (Å²) in [5.41, 5.74) is 2.95. The molecule has 0 radical (unpaired) electrons. The Kier molecular flexibility index (Phi) is 5.08. The number of carbonyl (C=O) groups is 2. The molecule has 2 amide bonds. The van der Waals surface area contributed by atoms with Gasteiger partial charge in [0.15, 0.2) is 11.6 Å². The van der Waals surface area contributed by atoms with E-state index in [1.165, 1.54) is 6.07 Å². The highest BCUT2D eigenvalue weighted by atomic mass is 19.2. The van der Waals surface area contributed by atoms with Crippen LogP contribution >= 0.6 is 0 Å². The highest BCUT2D eigenvalue weighted by molar-refractivity contribution is 6.07. The minimum Gasteiger partial charge on any atom is -0.322 e. The summed E-state index contributed by atoms with van der Waals surface area (Å²) >= 11 is 0. The second-order valence-corrected chi connectivity index (χ2v) is 6.85. The van der Waals surface area contributed by atoms with E-state index in [0.717, 1.165) is 36.2 Å². The maximum Gasteiger partial charge on any atom is 0.258 e. The zero-order chi connectivity index (χ0) is 20.4. The smallest absolute Gasteiger partial charge is 0.258 e. The highest BCUT2D eigenvalue weighted by Crippen LogP contribution is 2.31. The molecule has 29 heavy (non-hydrogen) atoms. The van der Waals surface area contributed by atoms with Gasteiger partial charge >= 0.3 is 0 Å². The predicted molar refractivity (Wildman–Crippen MR) is 107 cm³/mol. The molecule has 0 spiro atoms. The van der Waals surface area contributed by atoms with E-state index < -0.39 is 17.5 Å². The molecule has 0 aromatic heterocycles. The van der Waals surface area contributed by atoms with E-state index in [1.807, 2.05) is 24.3 Å². The number of aryl methyl sites for hydroxylation is 1. The fraction of sp³-hybridized carbons (Fsp3) is 0.130. The molecule has 0 saturated carbocycles. The molecule has 0 fully saturated rings. The molecular weight excluding hydrogens is 374 g/mol. The summed E-state index contributed by atoms with van der Waals surface area (Å²) in [6, 6.07) is 17.4. The SMILES string of the molecule is O=C(Nc1ccc2c(c1)CCCN2C(=O)c1ccccc1)c1ccc(F)c(F)c1. The molecule has 0 saturated heterocycles. The monoisotopic (exact) mass is 392 g/mol. The molecule has 0 aliphatic carbocycles. The summed E-state index contributed by atoms with van der Waals surface area (Å²) in [4.78, 5) is 26.9. The number of nitrogens with one attached hydrogen (secondary N) is 1. The number of nitrogens with zero attached hydrogens (tertiary/aromatic N) is 1. The number of rotatable bonds is 3. The number of benzene rings is 3. The molecule has 3 aromatic carbocycles. The van der Waals surface area contributed by atoms with Crippen LogP contribution in [0.4, 0.5) is 20.2 Å². The molecule has 0 unspecified atom stereocenters. The summed E-state index contributed by atoms with van der Waals surface area (Å²) in [5, 5.41) is 2.70. The quantitative estimate of drug-likeness (QED) is 0.695. The maximum atomic E-state index is 13.4. The van der Waals surface area contributed by atoms with Gasteiger partial charge in [0, 0.05) is 29.0 Å². The Labute approximate surface area is 166 Å². The lowest BCUT2D eigenvalue weighted by molar-refractivity contribution is 0.0983. The van der Waals surface area contributed by atoms with E-state index in [4.69, 9.17) is 0 Å². The van der Waals surface area contributed by atoms with E-state index in [0.29, 0.717) is 17.8 Å². The zero-order valence-corrected chi connectivity index (χ0v) is 15.5. The fourth-order valence-electron chi connectivity index (χ4n) is 3.46. The van der Waals surface area contributed by atoms with E-state index in [-0.39, 0.29) is 11.5 Å². The van der Waals surface area contributed by atoms with Gasteiger partial charge in [-0.2, -0.15) is 0 Å². The van der Waals surface area contributed by atoms with E-state index in [1.54, 1.807) is 29.2 Å². The van der Waals surface area contributed by atoms with E-state index in [2.05, 4.69) is 5.32 Å². The molecule has 1 heterocycles.